The van der Waals surface area contributed by atoms with Gasteiger partial charge in [0.1, 0.15) is 6.29 Å². The van der Waals surface area contributed by atoms with E-state index in [1.165, 1.54) is 12.1 Å². The van der Waals surface area contributed by atoms with Crippen LogP contribution >= 0.6 is 0 Å². The summed E-state index contributed by atoms with van der Waals surface area (Å²) < 4.78 is 19.2. The lowest BCUT2D eigenvalue weighted by molar-refractivity contribution is -0.128. The quantitative estimate of drug-likeness (QED) is 0.380. The van der Waals surface area contributed by atoms with Gasteiger partial charge in [0, 0.05) is 11.1 Å². The van der Waals surface area contributed by atoms with Gasteiger partial charge in [-0.25, -0.2) is 10.2 Å². The molecule has 0 heterocycles. The van der Waals surface area contributed by atoms with Gasteiger partial charge in [-0.15, -0.1) is 0 Å². The van der Waals surface area contributed by atoms with Gasteiger partial charge in [-0.2, -0.15) is 0 Å². The van der Waals surface area contributed by atoms with E-state index in [1.54, 1.807) is 30.3 Å². The fourth-order valence-corrected chi connectivity index (χ4v) is 1.79. The average molecular weight is 288 g/mol. The number of carbonyl (C=O) groups excluding carboxylic acids is 2. The molecule has 0 bridgehead atoms. The van der Waals surface area contributed by atoms with Crippen LogP contribution in [0.5, 0.6) is 5.75 Å². The Bertz CT molecular complexity index is 647. The molecule has 1 unspecified atom stereocenters. The molecule has 5 nitrogen and oxygen atoms in total. The summed E-state index contributed by atoms with van der Waals surface area (Å²) in [6.07, 6.45) is -0.568. The second-order valence-electron chi connectivity index (χ2n) is 4.22. The molecule has 0 aliphatic rings. The van der Waals surface area contributed by atoms with Gasteiger partial charge in [-0.3, -0.25) is 15.0 Å². The van der Waals surface area contributed by atoms with Crippen LogP contribution in [0.15, 0.2) is 48.5 Å². The summed E-state index contributed by atoms with van der Waals surface area (Å²) in [5.74, 6) is 3.65. The predicted molar refractivity (Wildman–Crippen MR) is 73.9 cm³/mol. The van der Waals surface area contributed by atoms with E-state index in [0.29, 0.717) is 11.8 Å². The summed E-state index contributed by atoms with van der Waals surface area (Å²) in [5, 5.41) is 0. The van der Waals surface area contributed by atoms with Crippen molar-refractivity contribution < 1.29 is 18.7 Å². The number of hydrogen-bond acceptors (Lipinski definition) is 4. The summed E-state index contributed by atoms with van der Waals surface area (Å²) in [6.45, 7) is 0. The van der Waals surface area contributed by atoms with Crippen LogP contribution < -0.4 is 16.0 Å². The minimum atomic E-state index is -1.09. The average Bonchev–Trinajstić information content (AvgIpc) is 2.53. The number of amides is 1. The lowest BCUT2D eigenvalue weighted by atomic mass is 10.1. The molecule has 2 rings (SSSR count). The molecular weight excluding hydrogens is 275 g/mol. The molecule has 3 N–H and O–H groups in total. The number of hydrogen-bond donors (Lipinski definition) is 2. The number of hydrazine groups is 1. The molecule has 2 aromatic rings. The molecule has 1 amide bonds. The minimum absolute atomic E-state index is 0.141. The second-order valence-corrected chi connectivity index (χ2v) is 4.22. The van der Waals surface area contributed by atoms with Gasteiger partial charge in [0.2, 0.25) is 6.10 Å². The lowest BCUT2D eigenvalue weighted by Gasteiger charge is -2.18. The highest BCUT2D eigenvalue weighted by Crippen LogP contribution is 2.25. The third kappa shape index (κ3) is 3.43. The smallest absolute Gasteiger partial charge is 0.279 e. The van der Waals surface area contributed by atoms with Crippen molar-refractivity contribution >= 4 is 12.2 Å². The molecule has 0 aliphatic carbocycles. The molecule has 0 spiro atoms. The molecule has 2 aromatic carbocycles. The number of ether oxygens (including phenoxy) is 1. The normalized spacial score (nSPS) is 11.5. The van der Waals surface area contributed by atoms with E-state index in [9.17, 15) is 14.0 Å². The maximum absolute atomic E-state index is 13.8. The molecule has 0 aromatic heterocycles. The van der Waals surface area contributed by atoms with Crippen molar-refractivity contribution in [1.29, 1.82) is 0 Å². The van der Waals surface area contributed by atoms with Crippen LogP contribution in [-0.4, -0.2) is 12.2 Å². The van der Waals surface area contributed by atoms with Crippen molar-refractivity contribution in [1.82, 2.24) is 5.43 Å². The summed E-state index contributed by atoms with van der Waals surface area (Å²) in [6, 6.07) is 12.3. The summed E-state index contributed by atoms with van der Waals surface area (Å²) in [5.41, 5.74) is 2.69. The zero-order valence-corrected chi connectivity index (χ0v) is 11.0. The molecule has 1 atom stereocenters. The van der Waals surface area contributed by atoms with Crippen molar-refractivity contribution in [3.8, 4) is 5.75 Å². The summed E-state index contributed by atoms with van der Waals surface area (Å²) >= 11 is 0. The van der Waals surface area contributed by atoms with E-state index >= 15 is 0 Å². The first-order valence-electron chi connectivity index (χ1n) is 6.12. The first-order valence-corrected chi connectivity index (χ1v) is 6.12. The summed E-state index contributed by atoms with van der Waals surface area (Å²) in [7, 11) is 0. The second kappa shape index (κ2) is 6.62. The molecule has 0 aliphatic heterocycles. The number of benzene rings is 2. The lowest BCUT2D eigenvalue weighted by Crippen LogP contribution is -2.37. The van der Waals surface area contributed by atoms with Crippen LogP contribution in [0.3, 0.4) is 0 Å². The van der Waals surface area contributed by atoms with Gasteiger partial charge < -0.3 is 4.74 Å². The Kier molecular flexibility index (Phi) is 4.63. The third-order valence-corrected chi connectivity index (χ3v) is 2.82. The standard InChI is InChI=1S/C15H13FN2O3/c16-12-8-10(9-19)6-7-13(12)21-14(15(20)18-17)11-4-2-1-3-5-11/h1-9,14H,17H2,(H,18,20). The zero-order valence-electron chi connectivity index (χ0n) is 11.0. The van der Waals surface area contributed by atoms with Crippen LogP contribution in [-0.2, 0) is 4.79 Å². The van der Waals surface area contributed by atoms with Gasteiger partial charge >= 0.3 is 0 Å². The van der Waals surface area contributed by atoms with Gasteiger partial charge in [0.05, 0.1) is 0 Å². The van der Waals surface area contributed by atoms with E-state index in [0.717, 1.165) is 6.07 Å². The molecule has 6 heteroatoms. The van der Waals surface area contributed by atoms with Crippen LogP contribution in [0.2, 0.25) is 0 Å². The number of nitrogens with two attached hydrogens (primary N) is 1. The van der Waals surface area contributed by atoms with Crippen molar-refractivity contribution in [3.63, 3.8) is 0 Å². The number of aldehydes is 1. The monoisotopic (exact) mass is 288 g/mol. The number of halogens is 1. The van der Waals surface area contributed by atoms with Crippen LogP contribution in [0.4, 0.5) is 4.39 Å². The van der Waals surface area contributed by atoms with E-state index in [2.05, 4.69) is 0 Å². The fourth-order valence-electron chi connectivity index (χ4n) is 1.79. The summed E-state index contributed by atoms with van der Waals surface area (Å²) in [4.78, 5) is 22.4. The molecule has 0 radical (unpaired) electrons. The molecule has 108 valence electrons. The topological polar surface area (TPSA) is 81.4 Å². The van der Waals surface area contributed by atoms with Crippen molar-refractivity contribution in [2.45, 2.75) is 6.10 Å². The van der Waals surface area contributed by atoms with Crippen molar-refractivity contribution in [2.24, 2.45) is 5.84 Å². The Morgan fingerprint density at radius 2 is 1.95 bits per heavy atom. The zero-order chi connectivity index (χ0) is 15.2. The molecular formula is C15H13FN2O3. The molecule has 0 fully saturated rings. The first kappa shape index (κ1) is 14.7. The number of nitrogens with one attached hydrogen (secondary N) is 1. The third-order valence-electron chi connectivity index (χ3n) is 2.82. The van der Waals surface area contributed by atoms with Gasteiger partial charge in [-0.1, -0.05) is 30.3 Å². The highest BCUT2D eigenvalue weighted by atomic mass is 19.1. The maximum atomic E-state index is 13.8. The van der Waals surface area contributed by atoms with Crippen molar-refractivity contribution in [2.75, 3.05) is 0 Å². The Morgan fingerprint density at radius 1 is 1.24 bits per heavy atom. The van der Waals surface area contributed by atoms with Gasteiger partial charge in [-0.05, 0) is 18.2 Å². The maximum Gasteiger partial charge on any atom is 0.279 e. The Morgan fingerprint density at radius 3 is 2.52 bits per heavy atom. The highest BCUT2D eigenvalue weighted by Gasteiger charge is 2.23. The molecule has 0 saturated heterocycles. The Labute approximate surface area is 120 Å². The first-order chi connectivity index (χ1) is 10.2. The van der Waals surface area contributed by atoms with E-state index in [4.69, 9.17) is 10.6 Å². The van der Waals surface area contributed by atoms with Crippen LogP contribution in [0.25, 0.3) is 0 Å². The minimum Gasteiger partial charge on any atom is -0.473 e. The number of rotatable bonds is 5. The van der Waals surface area contributed by atoms with E-state index in [-0.39, 0.29) is 11.3 Å². The fraction of sp³-hybridized carbons (Fsp3) is 0.0667. The predicted octanol–water partition coefficient (Wildman–Crippen LogP) is 1.75. The highest BCUT2D eigenvalue weighted by molar-refractivity contribution is 5.82. The SMILES string of the molecule is NNC(=O)C(Oc1ccc(C=O)cc1F)c1ccccc1. The van der Waals surface area contributed by atoms with Gasteiger partial charge in [0.25, 0.3) is 5.91 Å². The Hall–Kier alpha value is -2.73. The molecule has 0 saturated carbocycles. The number of carbonyl (C=O) groups is 2. The van der Waals surface area contributed by atoms with E-state index in [1.807, 2.05) is 5.43 Å². The Balaban J connectivity index is 2.32. The van der Waals surface area contributed by atoms with Crippen LogP contribution in [0.1, 0.15) is 22.0 Å². The van der Waals surface area contributed by atoms with Gasteiger partial charge in [0.15, 0.2) is 11.6 Å². The largest absolute Gasteiger partial charge is 0.473 e. The van der Waals surface area contributed by atoms with Crippen molar-refractivity contribution in [3.05, 3.63) is 65.5 Å². The molecule has 21 heavy (non-hydrogen) atoms. The van der Waals surface area contributed by atoms with E-state index < -0.39 is 17.8 Å². The van der Waals surface area contributed by atoms with Crippen LogP contribution in [0, 0.1) is 5.82 Å².